The molecule has 0 bridgehead atoms. The molecule has 1 rings (SSSR count). The average molecular weight is 523 g/mol. The third-order valence-corrected chi connectivity index (χ3v) is 4.82. The number of hydrogen-bond donors (Lipinski definition) is 5. The van der Waals surface area contributed by atoms with E-state index in [0.29, 0.717) is 5.56 Å². The average Bonchev–Trinajstić information content (AvgIpc) is 2.71. The summed E-state index contributed by atoms with van der Waals surface area (Å²) < 4.78 is 10.8. The zero-order chi connectivity index (χ0) is 28.6. The van der Waals surface area contributed by atoms with Gasteiger partial charge in [0.15, 0.2) is 0 Å². The van der Waals surface area contributed by atoms with Gasteiger partial charge in [-0.25, -0.2) is 4.79 Å². The number of aromatic hydroxyl groups is 1. The van der Waals surface area contributed by atoms with Crippen LogP contribution in [0.4, 0.5) is 10.5 Å². The molecule has 0 aliphatic rings. The maximum absolute atomic E-state index is 12.5. The molecule has 0 heterocycles. The van der Waals surface area contributed by atoms with E-state index < -0.39 is 53.1 Å². The Morgan fingerprint density at radius 1 is 1.00 bits per heavy atom. The summed E-state index contributed by atoms with van der Waals surface area (Å²) in [6.07, 6.45) is -0.0946. The molecule has 0 spiro atoms. The van der Waals surface area contributed by atoms with Crippen LogP contribution in [0.2, 0.25) is 0 Å². The summed E-state index contributed by atoms with van der Waals surface area (Å²) in [6.45, 7) is 13.5. The summed E-state index contributed by atoms with van der Waals surface area (Å²) in [5.41, 5.74) is 4.91. The zero-order valence-corrected chi connectivity index (χ0v) is 23.1. The molecule has 0 radical (unpaired) electrons. The maximum Gasteiger partial charge on any atom is 0.407 e. The number of esters is 1. The van der Waals surface area contributed by atoms with E-state index in [1.807, 2.05) is 0 Å². The number of phenols is 1. The molecular formula is C26H42N4O7. The Kier molecular flexibility index (Phi) is 11.4. The van der Waals surface area contributed by atoms with Gasteiger partial charge in [0.25, 0.3) is 0 Å². The first-order valence-electron chi connectivity index (χ1n) is 12.2. The number of rotatable bonds is 10. The van der Waals surface area contributed by atoms with Crippen molar-refractivity contribution in [2.45, 2.75) is 91.5 Å². The van der Waals surface area contributed by atoms with E-state index in [1.165, 1.54) is 13.0 Å². The predicted molar refractivity (Wildman–Crippen MR) is 140 cm³/mol. The highest BCUT2D eigenvalue weighted by molar-refractivity contribution is 5.96. The number of alkyl carbamates (subject to hydrolysis) is 1. The van der Waals surface area contributed by atoms with Gasteiger partial charge in [-0.3, -0.25) is 14.4 Å². The van der Waals surface area contributed by atoms with Crippen molar-refractivity contribution in [2.75, 3.05) is 11.9 Å². The molecule has 3 amide bonds. The summed E-state index contributed by atoms with van der Waals surface area (Å²) in [5, 5.41) is 18.0. The summed E-state index contributed by atoms with van der Waals surface area (Å²) in [5.74, 6) is -2.12. The number of phenolic OH excluding ortho intramolecular Hbond substituents is 1. The van der Waals surface area contributed by atoms with Crippen LogP contribution in [0.3, 0.4) is 0 Å². The molecule has 1 aromatic rings. The second kappa shape index (κ2) is 13.3. The fourth-order valence-corrected chi connectivity index (χ4v) is 3.21. The van der Waals surface area contributed by atoms with Crippen molar-refractivity contribution in [1.82, 2.24) is 10.6 Å². The first kappa shape index (κ1) is 31.7. The summed E-state index contributed by atoms with van der Waals surface area (Å²) >= 11 is 0. The van der Waals surface area contributed by atoms with Gasteiger partial charge in [-0.2, -0.15) is 0 Å². The van der Waals surface area contributed by atoms with Crippen molar-refractivity contribution < 1.29 is 33.8 Å². The Bertz CT molecular complexity index is 965. The highest BCUT2D eigenvalue weighted by Crippen LogP contribution is 2.26. The smallest absolute Gasteiger partial charge is 0.407 e. The highest BCUT2D eigenvalue weighted by Gasteiger charge is 2.27. The van der Waals surface area contributed by atoms with Crippen molar-refractivity contribution in [3.63, 3.8) is 0 Å². The largest absolute Gasteiger partial charge is 0.506 e. The van der Waals surface area contributed by atoms with Crippen LogP contribution < -0.4 is 21.7 Å². The van der Waals surface area contributed by atoms with E-state index in [1.54, 1.807) is 60.6 Å². The molecule has 37 heavy (non-hydrogen) atoms. The first-order valence-corrected chi connectivity index (χ1v) is 12.2. The Morgan fingerprint density at radius 3 is 2.14 bits per heavy atom. The Labute approximate surface area is 218 Å². The number of ether oxygens (including phenoxy) is 2. The predicted octanol–water partition coefficient (Wildman–Crippen LogP) is 2.60. The van der Waals surface area contributed by atoms with Crippen LogP contribution in [-0.2, 0) is 30.3 Å². The minimum Gasteiger partial charge on any atom is -0.506 e. The quantitative estimate of drug-likeness (QED) is 0.231. The molecule has 6 N–H and O–H groups in total. The number of benzene rings is 1. The molecule has 0 saturated heterocycles. The van der Waals surface area contributed by atoms with Gasteiger partial charge in [-0.05, 0) is 79.0 Å². The van der Waals surface area contributed by atoms with E-state index in [0.717, 1.165) is 0 Å². The second-order valence-corrected chi connectivity index (χ2v) is 11.1. The van der Waals surface area contributed by atoms with Crippen molar-refractivity contribution >= 4 is 29.6 Å². The summed E-state index contributed by atoms with van der Waals surface area (Å²) in [4.78, 5) is 48.9. The van der Waals surface area contributed by atoms with E-state index >= 15 is 0 Å². The molecule has 11 heteroatoms. The van der Waals surface area contributed by atoms with Gasteiger partial charge >= 0.3 is 12.1 Å². The topological polar surface area (TPSA) is 169 Å². The van der Waals surface area contributed by atoms with Crippen molar-refractivity contribution in [1.29, 1.82) is 0 Å². The van der Waals surface area contributed by atoms with Gasteiger partial charge in [-0.1, -0.05) is 13.0 Å². The standard InChI is InChI=1S/C26H42N4O7/c1-15(23(34)36-25(3,4)5)11-18(29-24(35)37-26(6,7)8)12-17-9-10-20(31)19(13-17)30-21(32)14-28-22(33)16(2)27/h9-10,13,15-16,18,31H,11-12,14,27H2,1-8H3,(H,28,33)(H,29,35)(H,30,32)/t15?,16?,18-/m1/s1. The normalized spacial score (nSPS) is 14.1. The fourth-order valence-electron chi connectivity index (χ4n) is 3.21. The lowest BCUT2D eigenvalue weighted by Crippen LogP contribution is -2.42. The number of amides is 3. The minimum absolute atomic E-state index is 0.133. The van der Waals surface area contributed by atoms with E-state index in [-0.39, 0.29) is 30.8 Å². The zero-order valence-electron chi connectivity index (χ0n) is 23.1. The van der Waals surface area contributed by atoms with Crippen molar-refractivity contribution in [3.05, 3.63) is 23.8 Å². The van der Waals surface area contributed by atoms with Gasteiger partial charge in [0, 0.05) is 6.04 Å². The molecule has 0 aliphatic heterocycles. The second-order valence-electron chi connectivity index (χ2n) is 11.1. The molecule has 0 saturated carbocycles. The third-order valence-electron chi connectivity index (χ3n) is 4.82. The number of carbonyl (C=O) groups excluding carboxylic acids is 4. The van der Waals surface area contributed by atoms with Gasteiger partial charge in [0.1, 0.15) is 17.0 Å². The monoisotopic (exact) mass is 522 g/mol. The number of carbonyl (C=O) groups is 4. The lowest BCUT2D eigenvalue weighted by atomic mass is 9.95. The lowest BCUT2D eigenvalue weighted by Gasteiger charge is -2.27. The van der Waals surface area contributed by atoms with Gasteiger partial charge in [0.05, 0.1) is 24.2 Å². The number of anilines is 1. The lowest BCUT2D eigenvalue weighted by molar-refractivity contribution is -0.159. The molecular weight excluding hydrogens is 480 g/mol. The van der Waals surface area contributed by atoms with Gasteiger partial charge in [0.2, 0.25) is 11.8 Å². The van der Waals surface area contributed by atoms with Crippen LogP contribution in [0.1, 0.15) is 67.4 Å². The van der Waals surface area contributed by atoms with Crippen LogP contribution in [0.15, 0.2) is 18.2 Å². The van der Waals surface area contributed by atoms with Crippen molar-refractivity contribution in [2.24, 2.45) is 11.7 Å². The van der Waals surface area contributed by atoms with Crippen LogP contribution >= 0.6 is 0 Å². The Morgan fingerprint density at radius 2 is 1.59 bits per heavy atom. The molecule has 11 nitrogen and oxygen atoms in total. The SMILES string of the molecule is CC(N)C(=O)NCC(=O)Nc1cc(C[C@@H](CC(C)C(=O)OC(C)(C)C)NC(=O)OC(C)(C)C)ccc1O. The molecule has 0 aromatic heterocycles. The maximum atomic E-state index is 12.5. The van der Waals surface area contributed by atoms with Crippen LogP contribution in [-0.4, -0.2) is 58.8 Å². The van der Waals surface area contributed by atoms with Crippen LogP contribution in [0.5, 0.6) is 5.75 Å². The fraction of sp³-hybridized carbons (Fsp3) is 0.615. The van der Waals surface area contributed by atoms with E-state index in [4.69, 9.17) is 15.2 Å². The number of nitrogens with one attached hydrogen (secondary N) is 3. The van der Waals surface area contributed by atoms with Crippen LogP contribution in [0.25, 0.3) is 0 Å². The molecule has 0 aliphatic carbocycles. The highest BCUT2D eigenvalue weighted by atomic mass is 16.6. The van der Waals surface area contributed by atoms with E-state index in [9.17, 15) is 24.3 Å². The molecule has 1 aromatic carbocycles. The summed E-state index contributed by atoms with van der Waals surface area (Å²) in [6, 6.07) is 3.33. The molecule has 3 atom stereocenters. The Hall–Kier alpha value is -3.34. The third kappa shape index (κ3) is 13.0. The molecule has 208 valence electrons. The summed E-state index contributed by atoms with van der Waals surface area (Å²) in [7, 11) is 0. The number of nitrogens with two attached hydrogens (primary N) is 1. The number of hydrogen-bond acceptors (Lipinski definition) is 8. The van der Waals surface area contributed by atoms with Gasteiger partial charge < -0.3 is 36.3 Å². The minimum atomic E-state index is -0.762. The molecule has 0 fully saturated rings. The Balaban J connectivity index is 3.03. The first-order chi connectivity index (χ1) is 16.9. The van der Waals surface area contributed by atoms with E-state index in [2.05, 4.69) is 16.0 Å². The van der Waals surface area contributed by atoms with Crippen molar-refractivity contribution in [3.8, 4) is 5.75 Å². The van der Waals surface area contributed by atoms with Crippen LogP contribution in [0, 0.1) is 5.92 Å². The van der Waals surface area contributed by atoms with Gasteiger partial charge in [-0.15, -0.1) is 0 Å². The molecule has 2 unspecified atom stereocenters.